The Labute approximate surface area is 144 Å². The van der Waals surface area contributed by atoms with Crippen LogP contribution < -0.4 is 0 Å². The standard InChI is InChI=1S/C22H24N2/c1-16-3-2-12-24(16)22-13-21(14-22)20-10-8-19(9-11-20)18-6-4-17(15-23)5-7-18/h4-11,16,21-22H,2-3,12-14H2,1H3/t16?,21-,22+. The normalized spacial score (nSPS) is 26.8. The van der Waals surface area contributed by atoms with Gasteiger partial charge in [0.05, 0.1) is 11.6 Å². The number of rotatable bonds is 3. The van der Waals surface area contributed by atoms with Crippen LogP contribution in [0.4, 0.5) is 0 Å². The highest BCUT2D eigenvalue weighted by Gasteiger charge is 2.37. The van der Waals surface area contributed by atoms with E-state index in [4.69, 9.17) is 5.26 Å². The van der Waals surface area contributed by atoms with E-state index in [2.05, 4.69) is 42.2 Å². The van der Waals surface area contributed by atoms with E-state index < -0.39 is 0 Å². The highest BCUT2D eigenvalue weighted by atomic mass is 15.2. The highest BCUT2D eigenvalue weighted by molar-refractivity contribution is 5.64. The zero-order chi connectivity index (χ0) is 16.5. The molecule has 1 saturated heterocycles. The number of benzene rings is 2. The molecule has 0 N–H and O–H groups in total. The first-order valence-electron chi connectivity index (χ1n) is 9.11. The van der Waals surface area contributed by atoms with Crippen LogP contribution in [-0.2, 0) is 0 Å². The summed E-state index contributed by atoms with van der Waals surface area (Å²) < 4.78 is 0. The lowest BCUT2D eigenvalue weighted by Crippen LogP contribution is -2.45. The summed E-state index contributed by atoms with van der Waals surface area (Å²) in [5, 5.41) is 8.89. The molecule has 1 atom stereocenters. The molecule has 2 aromatic carbocycles. The van der Waals surface area contributed by atoms with Crippen molar-refractivity contribution in [1.29, 1.82) is 5.26 Å². The lowest BCUT2D eigenvalue weighted by atomic mass is 9.74. The summed E-state index contributed by atoms with van der Waals surface area (Å²) in [6.45, 7) is 3.68. The lowest BCUT2D eigenvalue weighted by Gasteiger charge is -2.43. The third-order valence-corrected chi connectivity index (χ3v) is 5.92. The first-order valence-corrected chi connectivity index (χ1v) is 9.11. The van der Waals surface area contributed by atoms with Crippen LogP contribution in [0.3, 0.4) is 0 Å². The third kappa shape index (κ3) is 2.85. The van der Waals surface area contributed by atoms with Crippen LogP contribution in [0.1, 0.15) is 49.7 Å². The van der Waals surface area contributed by atoms with E-state index in [0.717, 1.165) is 18.0 Å². The Bertz CT molecular complexity index is 733. The van der Waals surface area contributed by atoms with Crippen molar-refractivity contribution < 1.29 is 0 Å². The summed E-state index contributed by atoms with van der Waals surface area (Å²) in [5.74, 6) is 0.734. The van der Waals surface area contributed by atoms with Gasteiger partial charge in [-0.15, -0.1) is 0 Å². The number of nitriles is 1. The molecule has 1 saturated carbocycles. The van der Waals surface area contributed by atoms with E-state index in [0.29, 0.717) is 5.56 Å². The topological polar surface area (TPSA) is 27.0 Å². The molecule has 4 rings (SSSR count). The van der Waals surface area contributed by atoms with Gasteiger partial charge in [-0.05, 0) is 73.9 Å². The predicted octanol–water partition coefficient (Wildman–Crippen LogP) is 4.96. The summed E-state index contributed by atoms with van der Waals surface area (Å²) in [6, 6.07) is 20.6. The molecule has 2 aromatic rings. The van der Waals surface area contributed by atoms with Crippen molar-refractivity contribution in [2.75, 3.05) is 6.54 Å². The van der Waals surface area contributed by atoms with Crippen LogP contribution in [0.15, 0.2) is 48.5 Å². The smallest absolute Gasteiger partial charge is 0.0991 e. The van der Waals surface area contributed by atoms with Crippen LogP contribution in [-0.4, -0.2) is 23.5 Å². The predicted molar refractivity (Wildman–Crippen MR) is 97.8 cm³/mol. The second kappa shape index (κ2) is 6.42. The molecule has 1 unspecified atom stereocenters. The average molecular weight is 316 g/mol. The quantitative estimate of drug-likeness (QED) is 0.800. The van der Waals surface area contributed by atoms with Crippen molar-refractivity contribution in [2.45, 2.75) is 50.6 Å². The maximum atomic E-state index is 8.89. The van der Waals surface area contributed by atoms with Gasteiger partial charge >= 0.3 is 0 Å². The Hall–Kier alpha value is -2.11. The molecular weight excluding hydrogens is 292 g/mol. The van der Waals surface area contributed by atoms with Gasteiger partial charge in [0.1, 0.15) is 0 Å². The summed E-state index contributed by atoms with van der Waals surface area (Å²) in [6.07, 6.45) is 5.39. The van der Waals surface area contributed by atoms with Crippen LogP contribution in [0, 0.1) is 11.3 Å². The summed E-state index contributed by atoms with van der Waals surface area (Å²) in [4.78, 5) is 2.72. The van der Waals surface area contributed by atoms with Gasteiger partial charge in [-0.25, -0.2) is 0 Å². The summed E-state index contributed by atoms with van der Waals surface area (Å²) in [5.41, 5.74) is 4.60. The van der Waals surface area contributed by atoms with E-state index in [1.54, 1.807) is 0 Å². The Morgan fingerprint density at radius 1 is 0.958 bits per heavy atom. The fraction of sp³-hybridized carbons (Fsp3) is 0.409. The van der Waals surface area contributed by atoms with E-state index in [9.17, 15) is 0 Å². The van der Waals surface area contributed by atoms with Gasteiger partial charge < -0.3 is 0 Å². The number of likely N-dealkylation sites (tertiary alicyclic amines) is 1. The van der Waals surface area contributed by atoms with Gasteiger partial charge in [0.15, 0.2) is 0 Å². The molecule has 0 spiro atoms. The molecule has 122 valence electrons. The minimum atomic E-state index is 0.715. The molecule has 0 radical (unpaired) electrons. The molecule has 2 fully saturated rings. The summed E-state index contributed by atoms with van der Waals surface area (Å²) >= 11 is 0. The van der Waals surface area contributed by atoms with Crippen molar-refractivity contribution in [3.8, 4) is 17.2 Å². The van der Waals surface area contributed by atoms with Gasteiger partial charge in [0, 0.05) is 12.1 Å². The van der Waals surface area contributed by atoms with Crippen molar-refractivity contribution in [1.82, 2.24) is 4.90 Å². The Kier molecular flexibility index (Phi) is 4.12. The van der Waals surface area contributed by atoms with Gasteiger partial charge in [0.25, 0.3) is 0 Å². The fourth-order valence-electron chi connectivity index (χ4n) is 4.31. The third-order valence-electron chi connectivity index (χ3n) is 5.92. The molecule has 0 amide bonds. The molecule has 2 nitrogen and oxygen atoms in total. The maximum Gasteiger partial charge on any atom is 0.0991 e. The number of nitrogens with zero attached hydrogens (tertiary/aromatic N) is 2. The van der Waals surface area contributed by atoms with Crippen LogP contribution >= 0.6 is 0 Å². The SMILES string of the molecule is CC1CCCN1[C@H]1C[C@@H](c2ccc(-c3ccc(C#N)cc3)cc2)C1. The molecule has 24 heavy (non-hydrogen) atoms. The second-order valence-electron chi connectivity index (χ2n) is 7.36. The Morgan fingerprint density at radius 2 is 1.58 bits per heavy atom. The second-order valence-corrected chi connectivity index (χ2v) is 7.36. The maximum absolute atomic E-state index is 8.89. The van der Waals surface area contributed by atoms with E-state index in [1.165, 1.54) is 48.9 Å². The van der Waals surface area contributed by atoms with Crippen LogP contribution in [0.2, 0.25) is 0 Å². The Morgan fingerprint density at radius 3 is 2.12 bits per heavy atom. The van der Waals surface area contributed by atoms with Gasteiger partial charge in [-0.1, -0.05) is 36.4 Å². The van der Waals surface area contributed by atoms with E-state index >= 15 is 0 Å². The van der Waals surface area contributed by atoms with Gasteiger partial charge in [0.2, 0.25) is 0 Å². The van der Waals surface area contributed by atoms with Crippen molar-refractivity contribution in [2.24, 2.45) is 0 Å². The molecule has 1 aliphatic carbocycles. The average Bonchev–Trinajstić information content (AvgIpc) is 3.00. The van der Waals surface area contributed by atoms with Crippen molar-refractivity contribution in [3.05, 3.63) is 59.7 Å². The minimum absolute atomic E-state index is 0.715. The van der Waals surface area contributed by atoms with Crippen molar-refractivity contribution in [3.63, 3.8) is 0 Å². The van der Waals surface area contributed by atoms with E-state index in [1.807, 2.05) is 24.3 Å². The molecule has 0 bridgehead atoms. The largest absolute Gasteiger partial charge is 0.298 e. The monoisotopic (exact) mass is 316 g/mol. The summed E-state index contributed by atoms with van der Waals surface area (Å²) in [7, 11) is 0. The van der Waals surface area contributed by atoms with Gasteiger partial charge in [-0.3, -0.25) is 4.90 Å². The first-order chi connectivity index (χ1) is 11.7. The zero-order valence-corrected chi connectivity index (χ0v) is 14.3. The Balaban J connectivity index is 1.40. The first kappa shape index (κ1) is 15.4. The molecule has 1 aliphatic heterocycles. The van der Waals surface area contributed by atoms with Crippen LogP contribution in [0.25, 0.3) is 11.1 Å². The zero-order valence-electron chi connectivity index (χ0n) is 14.3. The number of hydrogen-bond donors (Lipinski definition) is 0. The molecule has 1 heterocycles. The molecule has 2 aliphatic rings. The van der Waals surface area contributed by atoms with Gasteiger partial charge in [-0.2, -0.15) is 5.26 Å². The molecule has 2 heteroatoms. The molecular formula is C22H24N2. The molecule has 0 aromatic heterocycles. The highest BCUT2D eigenvalue weighted by Crippen LogP contribution is 2.42. The van der Waals surface area contributed by atoms with Crippen LogP contribution in [0.5, 0.6) is 0 Å². The minimum Gasteiger partial charge on any atom is -0.298 e. The lowest BCUT2D eigenvalue weighted by molar-refractivity contribution is 0.103. The number of hydrogen-bond acceptors (Lipinski definition) is 2. The van der Waals surface area contributed by atoms with Crippen molar-refractivity contribution >= 4 is 0 Å². The fourth-order valence-corrected chi connectivity index (χ4v) is 4.31. The van der Waals surface area contributed by atoms with E-state index in [-0.39, 0.29) is 0 Å².